The number of nitro groups is 1. The molecule has 0 aromatic heterocycles. The number of amides is 1. The number of anilines is 1. The highest BCUT2D eigenvalue weighted by Crippen LogP contribution is 2.44. The number of nitrogens with zero attached hydrogens (tertiary/aromatic N) is 1. The SMILES string of the molecule is O=C(CNc1ccc(Cl)c([N+](=O)[O-])c1)NC(C1CC1)C1CC1. The van der Waals surface area contributed by atoms with Crippen LogP contribution in [0.3, 0.4) is 0 Å². The van der Waals surface area contributed by atoms with Crippen LogP contribution in [0, 0.1) is 22.0 Å². The predicted molar refractivity (Wildman–Crippen MR) is 84.0 cm³/mol. The maximum absolute atomic E-state index is 12.0. The Balaban J connectivity index is 1.54. The van der Waals surface area contributed by atoms with Gasteiger partial charge in [-0.1, -0.05) is 11.6 Å². The van der Waals surface area contributed by atoms with E-state index in [2.05, 4.69) is 10.6 Å². The standard InChI is InChI=1S/C15H18ClN3O3/c16-12-6-5-11(7-13(12)19(21)22)17-8-14(20)18-15(9-1-2-9)10-3-4-10/h5-7,9-10,15,17H,1-4,8H2,(H,18,20). The number of nitrogens with one attached hydrogen (secondary N) is 2. The Hall–Kier alpha value is -1.82. The van der Waals surface area contributed by atoms with E-state index in [0.717, 1.165) is 0 Å². The van der Waals surface area contributed by atoms with Gasteiger partial charge in [0.1, 0.15) is 5.02 Å². The van der Waals surface area contributed by atoms with E-state index in [0.29, 0.717) is 23.6 Å². The number of hydrogen-bond acceptors (Lipinski definition) is 4. The quantitative estimate of drug-likeness (QED) is 0.597. The van der Waals surface area contributed by atoms with Crippen LogP contribution in [-0.4, -0.2) is 23.4 Å². The largest absolute Gasteiger partial charge is 0.376 e. The number of rotatable bonds is 7. The second kappa shape index (κ2) is 6.12. The summed E-state index contributed by atoms with van der Waals surface area (Å²) in [6, 6.07) is 4.74. The molecule has 0 bridgehead atoms. The van der Waals surface area contributed by atoms with Gasteiger partial charge >= 0.3 is 0 Å². The third kappa shape index (κ3) is 3.68. The van der Waals surface area contributed by atoms with Crippen molar-refractivity contribution < 1.29 is 9.72 Å². The molecule has 1 amide bonds. The van der Waals surface area contributed by atoms with Gasteiger partial charge in [-0.3, -0.25) is 14.9 Å². The fourth-order valence-electron chi connectivity index (χ4n) is 2.71. The molecule has 7 heteroatoms. The number of carbonyl (C=O) groups is 1. The van der Waals surface area contributed by atoms with Gasteiger partial charge in [0.15, 0.2) is 0 Å². The lowest BCUT2D eigenvalue weighted by molar-refractivity contribution is -0.384. The lowest BCUT2D eigenvalue weighted by atomic mass is 10.1. The summed E-state index contributed by atoms with van der Waals surface area (Å²) >= 11 is 5.76. The topological polar surface area (TPSA) is 84.3 Å². The Labute approximate surface area is 133 Å². The highest BCUT2D eigenvalue weighted by atomic mass is 35.5. The first-order valence-corrected chi connectivity index (χ1v) is 7.89. The van der Waals surface area contributed by atoms with Crippen molar-refractivity contribution in [2.24, 2.45) is 11.8 Å². The van der Waals surface area contributed by atoms with Crippen molar-refractivity contribution in [2.45, 2.75) is 31.7 Å². The smallest absolute Gasteiger partial charge is 0.289 e. The van der Waals surface area contributed by atoms with E-state index in [1.807, 2.05) is 0 Å². The Kier molecular flexibility index (Phi) is 4.20. The second-order valence-electron chi connectivity index (χ2n) is 6.05. The predicted octanol–water partition coefficient (Wildman–Crippen LogP) is 2.96. The molecule has 6 nitrogen and oxygen atoms in total. The molecule has 1 aromatic rings. The summed E-state index contributed by atoms with van der Waals surface area (Å²) in [5, 5.41) is 16.9. The number of halogens is 1. The molecular formula is C15H18ClN3O3. The Morgan fingerprint density at radius 3 is 2.50 bits per heavy atom. The third-order valence-electron chi connectivity index (χ3n) is 4.18. The van der Waals surface area contributed by atoms with Gasteiger partial charge in [0.2, 0.25) is 5.91 Å². The molecule has 0 unspecified atom stereocenters. The van der Waals surface area contributed by atoms with Crippen molar-refractivity contribution in [1.82, 2.24) is 5.32 Å². The number of carbonyl (C=O) groups excluding carboxylic acids is 1. The molecule has 2 aliphatic rings. The van der Waals surface area contributed by atoms with Gasteiger partial charge in [0, 0.05) is 17.8 Å². The molecule has 2 aliphatic carbocycles. The summed E-state index contributed by atoms with van der Waals surface area (Å²) in [6.45, 7) is 0.106. The van der Waals surface area contributed by atoms with Gasteiger partial charge in [0.25, 0.3) is 5.69 Å². The van der Waals surface area contributed by atoms with Crippen molar-refractivity contribution in [2.75, 3.05) is 11.9 Å². The van der Waals surface area contributed by atoms with Crippen LogP contribution < -0.4 is 10.6 Å². The molecular weight excluding hydrogens is 306 g/mol. The Bertz CT molecular complexity index is 588. The second-order valence-corrected chi connectivity index (χ2v) is 6.45. The van der Waals surface area contributed by atoms with E-state index in [1.54, 1.807) is 6.07 Å². The molecule has 3 rings (SSSR count). The van der Waals surface area contributed by atoms with Crippen molar-refractivity contribution in [3.63, 3.8) is 0 Å². The van der Waals surface area contributed by atoms with Crippen LogP contribution in [0.15, 0.2) is 18.2 Å². The normalized spacial score (nSPS) is 17.4. The minimum atomic E-state index is -0.538. The molecule has 2 fully saturated rings. The molecule has 0 radical (unpaired) electrons. The molecule has 2 saturated carbocycles. The zero-order valence-corrected chi connectivity index (χ0v) is 12.8. The molecule has 0 saturated heterocycles. The van der Waals surface area contributed by atoms with Crippen molar-refractivity contribution >= 4 is 28.9 Å². The Morgan fingerprint density at radius 2 is 1.95 bits per heavy atom. The van der Waals surface area contributed by atoms with Crippen LogP contribution in [0.1, 0.15) is 25.7 Å². The lowest BCUT2D eigenvalue weighted by Crippen LogP contribution is -2.41. The maximum atomic E-state index is 12.0. The van der Waals surface area contributed by atoms with E-state index in [1.165, 1.54) is 37.8 Å². The molecule has 22 heavy (non-hydrogen) atoms. The summed E-state index contributed by atoms with van der Waals surface area (Å²) in [5.74, 6) is 1.22. The van der Waals surface area contributed by atoms with Gasteiger partial charge in [-0.25, -0.2) is 0 Å². The number of benzene rings is 1. The van der Waals surface area contributed by atoms with Crippen LogP contribution in [0.25, 0.3) is 0 Å². The first kappa shape index (κ1) is 15.1. The summed E-state index contributed by atoms with van der Waals surface area (Å²) in [5.41, 5.74) is 0.349. The zero-order valence-electron chi connectivity index (χ0n) is 12.0. The van der Waals surface area contributed by atoms with E-state index >= 15 is 0 Å². The van der Waals surface area contributed by atoms with E-state index in [-0.39, 0.29) is 23.2 Å². The van der Waals surface area contributed by atoms with Gasteiger partial charge in [-0.2, -0.15) is 0 Å². The highest BCUT2D eigenvalue weighted by Gasteiger charge is 2.42. The first-order valence-electron chi connectivity index (χ1n) is 7.52. The first-order chi connectivity index (χ1) is 10.5. The Morgan fingerprint density at radius 1 is 1.32 bits per heavy atom. The summed E-state index contributed by atoms with van der Waals surface area (Å²) in [4.78, 5) is 22.3. The fourth-order valence-corrected chi connectivity index (χ4v) is 2.90. The van der Waals surface area contributed by atoms with E-state index in [4.69, 9.17) is 11.6 Å². The van der Waals surface area contributed by atoms with Gasteiger partial charge in [-0.15, -0.1) is 0 Å². The zero-order chi connectivity index (χ0) is 15.7. The molecule has 118 valence electrons. The van der Waals surface area contributed by atoms with Gasteiger partial charge in [0.05, 0.1) is 11.5 Å². The summed E-state index contributed by atoms with van der Waals surface area (Å²) < 4.78 is 0. The van der Waals surface area contributed by atoms with Crippen molar-refractivity contribution in [3.8, 4) is 0 Å². The minimum absolute atomic E-state index is 0.0681. The molecule has 0 atom stereocenters. The van der Waals surface area contributed by atoms with E-state index < -0.39 is 4.92 Å². The summed E-state index contributed by atoms with van der Waals surface area (Å²) in [7, 11) is 0. The third-order valence-corrected chi connectivity index (χ3v) is 4.50. The van der Waals surface area contributed by atoms with Crippen molar-refractivity contribution in [1.29, 1.82) is 0 Å². The average molecular weight is 324 g/mol. The minimum Gasteiger partial charge on any atom is -0.376 e. The molecule has 1 aromatic carbocycles. The summed E-state index contributed by atoms with van der Waals surface area (Å²) in [6.07, 6.45) is 4.83. The van der Waals surface area contributed by atoms with Gasteiger partial charge in [-0.05, 0) is 49.7 Å². The van der Waals surface area contributed by atoms with Crippen LogP contribution in [0.4, 0.5) is 11.4 Å². The maximum Gasteiger partial charge on any atom is 0.289 e. The van der Waals surface area contributed by atoms with E-state index in [9.17, 15) is 14.9 Å². The van der Waals surface area contributed by atoms with Crippen LogP contribution >= 0.6 is 11.6 Å². The molecule has 2 N–H and O–H groups in total. The monoisotopic (exact) mass is 323 g/mol. The number of hydrogen-bond donors (Lipinski definition) is 2. The number of nitro benzene ring substituents is 1. The van der Waals surface area contributed by atoms with Crippen molar-refractivity contribution in [3.05, 3.63) is 33.3 Å². The molecule has 0 spiro atoms. The fraction of sp³-hybridized carbons (Fsp3) is 0.533. The van der Waals surface area contributed by atoms with Crippen LogP contribution in [0.5, 0.6) is 0 Å². The lowest BCUT2D eigenvalue weighted by Gasteiger charge is -2.18. The molecule has 0 aliphatic heterocycles. The highest BCUT2D eigenvalue weighted by molar-refractivity contribution is 6.32. The van der Waals surface area contributed by atoms with Crippen LogP contribution in [-0.2, 0) is 4.79 Å². The van der Waals surface area contributed by atoms with Gasteiger partial charge < -0.3 is 10.6 Å². The molecule has 0 heterocycles. The van der Waals surface area contributed by atoms with Crippen LogP contribution in [0.2, 0.25) is 5.02 Å². The average Bonchev–Trinajstić information content (AvgIpc) is 3.37.